The van der Waals surface area contributed by atoms with E-state index in [9.17, 15) is 0 Å². The number of nitrogens with one attached hydrogen (secondary N) is 2. The second-order valence-corrected chi connectivity index (χ2v) is 6.45. The van der Waals surface area contributed by atoms with Gasteiger partial charge in [0, 0.05) is 18.6 Å². The van der Waals surface area contributed by atoms with E-state index in [2.05, 4.69) is 45.3 Å². The largest absolute Gasteiger partial charge is 0.314 e. The maximum absolute atomic E-state index is 3.69. The standard InChI is InChI=1S/C14H30N2/c1-11(2)14(4,5)10-16-12(3)9-13-7-6-8-15-13/h11-13,15-16H,6-10H2,1-5H3. The number of rotatable bonds is 6. The smallest absolute Gasteiger partial charge is 0.00822 e. The first-order valence-electron chi connectivity index (χ1n) is 6.88. The van der Waals surface area contributed by atoms with Crippen molar-refractivity contribution in [2.75, 3.05) is 13.1 Å². The average molecular weight is 226 g/mol. The van der Waals surface area contributed by atoms with Crippen LogP contribution in [0.1, 0.15) is 53.9 Å². The highest BCUT2D eigenvalue weighted by molar-refractivity contribution is 4.81. The molecule has 0 bridgehead atoms. The summed E-state index contributed by atoms with van der Waals surface area (Å²) in [6, 6.07) is 1.39. The molecule has 2 heteroatoms. The van der Waals surface area contributed by atoms with Crippen molar-refractivity contribution in [2.24, 2.45) is 11.3 Å². The topological polar surface area (TPSA) is 24.1 Å². The van der Waals surface area contributed by atoms with Gasteiger partial charge in [-0.15, -0.1) is 0 Å². The summed E-state index contributed by atoms with van der Waals surface area (Å²) in [7, 11) is 0. The van der Waals surface area contributed by atoms with Crippen LogP contribution in [0.4, 0.5) is 0 Å². The summed E-state index contributed by atoms with van der Waals surface area (Å²) in [6.07, 6.45) is 3.99. The minimum Gasteiger partial charge on any atom is -0.314 e. The van der Waals surface area contributed by atoms with Crippen LogP contribution in [0.2, 0.25) is 0 Å². The van der Waals surface area contributed by atoms with Gasteiger partial charge in [0.2, 0.25) is 0 Å². The molecule has 0 aromatic heterocycles. The zero-order chi connectivity index (χ0) is 12.2. The fraction of sp³-hybridized carbons (Fsp3) is 1.00. The fourth-order valence-electron chi connectivity index (χ4n) is 2.11. The van der Waals surface area contributed by atoms with Gasteiger partial charge in [-0.2, -0.15) is 0 Å². The quantitative estimate of drug-likeness (QED) is 0.728. The molecule has 2 atom stereocenters. The third-order valence-electron chi connectivity index (χ3n) is 4.27. The first-order chi connectivity index (χ1) is 7.42. The van der Waals surface area contributed by atoms with Gasteiger partial charge in [-0.05, 0) is 44.1 Å². The van der Waals surface area contributed by atoms with E-state index in [0.717, 1.165) is 18.5 Å². The Hall–Kier alpha value is -0.0800. The van der Waals surface area contributed by atoms with E-state index >= 15 is 0 Å². The molecule has 1 rings (SSSR count). The summed E-state index contributed by atoms with van der Waals surface area (Å²) in [5.41, 5.74) is 0.400. The molecule has 96 valence electrons. The van der Waals surface area contributed by atoms with Gasteiger partial charge in [0.15, 0.2) is 0 Å². The molecule has 1 saturated heterocycles. The second-order valence-electron chi connectivity index (χ2n) is 6.45. The first kappa shape index (κ1) is 14.0. The van der Waals surface area contributed by atoms with Crippen LogP contribution in [0.5, 0.6) is 0 Å². The summed E-state index contributed by atoms with van der Waals surface area (Å²) in [4.78, 5) is 0. The molecule has 16 heavy (non-hydrogen) atoms. The van der Waals surface area contributed by atoms with Crippen molar-refractivity contribution < 1.29 is 0 Å². The van der Waals surface area contributed by atoms with Gasteiger partial charge in [0.25, 0.3) is 0 Å². The molecule has 1 aliphatic heterocycles. The summed E-state index contributed by atoms with van der Waals surface area (Å²) < 4.78 is 0. The fourth-order valence-corrected chi connectivity index (χ4v) is 2.11. The molecule has 1 fully saturated rings. The van der Waals surface area contributed by atoms with Crippen LogP contribution in [0.25, 0.3) is 0 Å². The highest BCUT2D eigenvalue weighted by atomic mass is 15.0. The summed E-state index contributed by atoms with van der Waals surface area (Å²) in [6.45, 7) is 14.0. The van der Waals surface area contributed by atoms with Gasteiger partial charge >= 0.3 is 0 Å². The van der Waals surface area contributed by atoms with Crippen LogP contribution >= 0.6 is 0 Å². The summed E-state index contributed by atoms with van der Waals surface area (Å²) in [5, 5.41) is 7.26. The Morgan fingerprint density at radius 2 is 2.00 bits per heavy atom. The Labute approximate surface area is 102 Å². The molecular weight excluding hydrogens is 196 g/mol. The highest BCUT2D eigenvalue weighted by Gasteiger charge is 2.23. The molecule has 0 aliphatic carbocycles. The van der Waals surface area contributed by atoms with Crippen LogP contribution in [0.15, 0.2) is 0 Å². The van der Waals surface area contributed by atoms with E-state index in [1.807, 2.05) is 0 Å². The zero-order valence-corrected chi connectivity index (χ0v) is 11.8. The van der Waals surface area contributed by atoms with Crippen LogP contribution in [0, 0.1) is 11.3 Å². The number of hydrogen-bond donors (Lipinski definition) is 2. The monoisotopic (exact) mass is 226 g/mol. The Balaban J connectivity index is 2.21. The normalized spacial score (nSPS) is 24.0. The molecule has 2 nitrogen and oxygen atoms in total. The van der Waals surface area contributed by atoms with Crippen molar-refractivity contribution >= 4 is 0 Å². The molecule has 0 saturated carbocycles. The van der Waals surface area contributed by atoms with Crippen molar-refractivity contribution in [3.63, 3.8) is 0 Å². The zero-order valence-electron chi connectivity index (χ0n) is 11.8. The lowest BCUT2D eigenvalue weighted by atomic mass is 9.81. The lowest BCUT2D eigenvalue weighted by molar-refractivity contribution is 0.226. The van der Waals surface area contributed by atoms with Gasteiger partial charge < -0.3 is 10.6 Å². The molecule has 2 unspecified atom stereocenters. The van der Waals surface area contributed by atoms with Gasteiger partial charge in [-0.25, -0.2) is 0 Å². The van der Waals surface area contributed by atoms with Crippen molar-refractivity contribution in [3.05, 3.63) is 0 Å². The van der Waals surface area contributed by atoms with Crippen LogP contribution in [-0.2, 0) is 0 Å². The van der Waals surface area contributed by atoms with E-state index in [1.54, 1.807) is 0 Å². The SMILES string of the molecule is CC(CC1CCCN1)NCC(C)(C)C(C)C. The van der Waals surface area contributed by atoms with Gasteiger partial charge in [-0.3, -0.25) is 0 Å². The molecule has 0 aromatic carbocycles. The Bertz CT molecular complexity index is 193. The predicted molar refractivity (Wildman–Crippen MR) is 71.7 cm³/mol. The Kier molecular flexibility index (Phi) is 5.26. The molecule has 0 aromatic rings. The molecular formula is C14H30N2. The van der Waals surface area contributed by atoms with Crippen LogP contribution in [-0.4, -0.2) is 25.2 Å². The predicted octanol–water partition coefficient (Wildman–Crippen LogP) is 2.79. The van der Waals surface area contributed by atoms with Gasteiger partial charge in [-0.1, -0.05) is 27.7 Å². The van der Waals surface area contributed by atoms with Crippen LogP contribution in [0.3, 0.4) is 0 Å². The summed E-state index contributed by atoms with van der Waals surface area (Å²) in [5.74, 6) is 0.733. The molecule has 2 N–H and O–H groups in total. The van der Waals surface area contributed by atoms with E-state index in [0.29, 0.717) is 11.5 Å². The van der Waals surface area contributed by atoms with Crippen molar-refractivity contribution in [3.8, 4) is 0 Å². The number of hydrogen-bond acceptors (Lipinski definition) is 2. The van der Waals surface area contributed by atoms with E-state index in [4.69, 9.17) is 0 Å². The summed E-state index contributed by atoms with van der Waals surface area (Å²) >= 11 is 0. The van der Waals surface area contributed by atoms with Crippen LogP contribution < -0.4 is 10.6 Å². The highest BCUT2D eigenvalue weighted by Crippen LogP contribution is 2.25. The molecule has 0 spiro atoms. The second kappa shape index (κ2) is 6.02. The van der Waals surface area contributed by atoms with Gasteiger partial charge in [0.1, 0.15) is 0 Å². The molecule has 0 radical (unpaired) electrons. The molecule has 1 heterocycles. The van der Waals surface area contributed by atoms with E-state index in [1.165, 1.54) is 25.8 Å². The Morgan fingerprint density at radius 1 is 1.31 bits per heavy atom. The first-order valence-corrected chi connectivity index (χ1v) is 6.88. The molecule has 0 amide bonds. The third kappa shape index (κ3) is 4.42. The maximum Gasteiger partial charge on any atom is 0.00822 e. The minimum absolute atomic E-state index is 0.400. The Morgan fingerprint density at radius 3 is 2.50 bits per heavy atom. The third-order valence-corrected chi connectivity index (χ3v) is 4.27. The lowest BCUT2D eigenvalue weighted by Crippen LogP contribution is -2.40. The lowest BCUT2D eigenvalue weighted by Gasteiger charge is -2.31. The van der Waals surface area contributed by atoms with E-state index < -0.39 is 0 Å². The average Bonchev–Trinajstić information content (AvgIpc) is 2.67. The maximum atomic E-state index is 3.69. The molecule has 1 aliphatic rings. The van der Waals surface area contributed by atoms with Crippen molar-refractivity contribution in [2.45, 2.75) is 66.0 Å². The van der Waals surface area contributed by atoms with E-state index in [-0.39, 0.29) is 0 Å². The van der Waals surface area contributed by atoms with Gasteiger partial charge in [0.05, 0.1) is 0 Å². The minimum atomic E-state index is 0.400. The van der Waals surface area contributed by atoms with Crippen molar-refractivity contribution in [1.82, 2.24) is 10.6 Å². The van der Waals surface area contributed by atoms with Crippen molar-refractivity contribution in [1.29, 1.82) is 0 Å².